The molecule has 0 saturated carbocycles. The first-order chi connectivity index (χ1) is 10.1. The van der Waals surface area contributed by atoms with Crippen LogP contribution in [0.1, 0.15) is 19.8 Å². The zero-order valence-electron chi connectivity index (χ0n) is 12.5. The molecule has 116 valence electrons. The van der Waals surface area contributed by atoms with Gasteiger partial charge in [-0.05, 0) is 12.8 Å². The highest BCUT2D eigenvalue weighted by atomic mass is 16.7. The zero-order valence-corrected chi connectivity index (χ0v) is 12.5. The van der Waals surface area contributed by atoms with Crippen LogP contribution in [0.2, 0.25) is 0 Å². The Morgan fingerprint density at radius 1 is 1.14 bits per heavy atom. The number of esters is 1. The maximum atomic E-state index is 11.1. The number of hydrogen-bond acceptors (Lipinski definition) is 6. The van der Waals surface area contributed by atoms with Crippen molar-refractivity contribution in [3.63, 3.8) is 0 Å². The summed E-state index contributed by atoms with van der Waals surface area (Å²) in [5.41, 5.74) is 0. The Labute approximate surface area is 123 Å². The molecule has 0 aliphatic carbocycles. The molecule has 1 aromatic rings. The van der Waals surface area contributed by atoms with Gasteiger partial charge in [-0.3, -0.25) is 4.79 Å². The molecule has 1 aliphatic heterocycles. The van der Waals surface area contributed by atoms with Crippen molar-refractivity contribution in [2.45, 2.75) is 32.2 Å². The van der Waals surface area contributed by atoms with E-state index >= 15 is 0 Å². The van der Waals surface area contributed by atoms with E-state index in [9.17, 15) is 4.79 Å². The van der Waals surface area contributed by atoms with Crippen molar-refractivity contribution >= 4 is 5.97 Å². The second-order valence-corrected chi connectivity index (χ2v) is 4.70. The van der Waals surface area contributed by atoms with Gasteiger partial charge in [-0.2, -0.15) is 0 Å². The highest BCUT2D eigenvalue weighted by Gasteiger charge is 2.30. The van der Waals surface area contributed by atoms with E-state index in [1.807, 2.05) is 0 Å². The second kappa shape index (κ2) is 7.17. The largest absolute Gasteiger partial charge is 0.496 e. The van der Waals surface area contributed by atoms with Crippen LogP contribution in [-0.4, -0.2) is 39.2 Å². The molecule has 2 rings (SSSR count). The van der Waals surface area contributed by atoms with Crippen molar-refractivity contribution in [1.82, 2.24) is 0 Å². The molecule has 2 unspecified atom stereocenters. The maximum Gasteiger partial charge on any atom is 0.303 e. The molecule has 0 amide bonds. The van der Waals surface area contributed by atoms with Crippen molar-refractivity contribution < 1.29 is 28.5 Å². The van der Waals surface area contributed by atoms with Crippen LogP contribution in [0.5, 0.6) is 17.2 Å². The predicted molar refractivity (Wildman–Crippen MR) is 74.7 cm³/mol. The van der Waals surface area contributed by atoms with Crippen LogP contribution < -0.4 is 14.2 Å². The van der Waals surface area contributed by atoms with E-state index in [0.717, 1.165) is 6.42 Å². The van der Waals surface area contributed by atoms with Gasteiger partial charge in [0.05, 0.1) is 20.8 Å². The molecule has 1 saturated heterocycles. The Kier molecular flexibility index (Phi) is 5.27. The first-order valence-electron chi connectivity index (χ1n) is 6.81. The monoisotopic (exact) mass is 296 g/mol. The molecule has 0 radical (unpaired) electrons. The Morgan fingerprint density at radius 2 is 1.76 bits per heavy atom. The van der Waals surface area contributed by atoms with Gasteiger partial charge in [-0.25, -0.2) is 0 Å². The third-order valence-corrected chi connectivity index (χ3v) is 3.11. The van der Waals surface area contributed by atoms with E-state index in [2.05, 4.69) is 0 Å². The highest BCUT2D eigenvalue weighted by Crippen LogP contribution is 2.30. The van der Waals surface area contributed by atoms with E-state index < -0.39 is 12.4 Å². The molecule has 1 aromatic carbocycles. The molecule has 1 aliphatic rings. The van der Waals surface area contributed by atoms with Gasteiger partial charge in [-0.1, -0.05) is 0 Å². The van der Waals surface area contributed by atoms with Gasteiger partial charge in [0.25, 0.3) is 0 Å². The SMILES string of the molecule is COc1cc(OC)cc(OC2OCCCC2OC(C)=O)c1. The van der Waals surface area contributed by atoms with Gasteiger partial charge in [0.15, 0.2) is 6.10 Å². The summed E-state index contributed by atoms with van der Waals surface area (Å²) in [5.74, 6) is 1.42. The lowest BCUT2D eigenvalue weighted by atomic mass is 10.1. The van der Waals surface area contributed by atoms with Gasteiger partial charge in [-0.15, -0.1) is 0 Å². The molecule has 0 N–H and O–H groups in total. The zero-order chi connectivity index (χ0) is 15.2. The Bertz CT molecular complexity index is 465. The number of methoxy groups -OCH3 is 2. The molecular formula is C15H20O6. The molecule has 1 fully saturated rings. The summed E-state index contributed by atoms with van der Waals surface area (Å²) in [6.07, 6.45) is 0.512. The Hall–Kier alpha value is -1.95. The van der Waals surface area contributed by atoms with Gasteiger partial charge in [0, 0.05) is 25.1 Å². The molecule has 0 spiro atoms. The smallest absolute Gasteiger partial charge is 0.303 e. The fourth-order valence-corrected chi connectivity index (χ4v) is 2.15. The van der Waals surface area contributed by atoms with Crippen LogP contribution in [0.25, 0.3) is 0 Å². The topological polar surface area (TPSA) is 63.2 Å². The van der Waals surface area contributed by atoms with E-state index in [1.54, 1.807) is 32.4 Å². The molecule has 21 heavy (non-hydrogen) atoms. The highest BCUT2D eigenvalue weighted by molar-refractivity contribution is 5.66. The van der Waals surface area contributed by atoms with E-state index in [0.29, 0.717) is 30.3 Å². The quantitative estimate of drug-likeness (QED) is 0.776. The lowest BCUT2D eigenvalue weighted by Gasteiger charge is -2.31. The predicted octanol–water partition coefficient (Wildman–Crippen LogP) is 2.15. The van der Waals surface area contributed by atoms with E-state index in [4.69, 9.17) is 23.7 Å². The number of carbonyl (C=O) groups excluding carboxylic acids is 1. The minimum absolute atomic E-state index is 0.345. The molecule has 2 atom stereocenters. The van der Waals surface area contributed by atoms with E-state index in [-0.39, 0.29) is 5.97 Å². The average molecular weight is 296 g/mol. The molecule has 6 heteroatoms. The number of hydrogen-bond donors (Lipinski definition) is 0. The third-order valence-electron chi connectivity index (χ3n) is 3.11. The van der Waals surface area contributed by atoms with Crippen molar-refractivity contribution in [1.29, 1.82) is 0 Å². The molecular weight excluding hydrogens is 276 g/mol. The molecule has 1 heterocycles. The summed E-state index contributed by atoms with van der Waals surface area (Å²) in [4.78, 5) is 11.1. The summed E-state index contributed by atoms with van der Waals surface area (Å²) in [6, 6.07) is 5.20. The summed E-state index contributed by atoms with van der Waals surface area (Å²) < 4.78 is 27.0. The van der Waals surface area contributed by atoms with Crippen molar-refractivity contribution in [3.8, 4) is 17.2 Å². The van der Waals surface area contributed by atoms with Crippen molar-refractivity contribution in [2.75, 3.05) is 20.8 Å². The first kappa shape index (κ1) is 15.4. The minimum Gasteiger partial charge on any atom is -0.496 e. The van der Waals surface area contributed by atoms with Gasteiger partial charge < -0.3 is 23.7 Å². The number of benzene rings is 1. The van der Waals surface area contributed by atoms with Crippen LogP contribution in [0.4, 0.5) is 0 Å². The first-order valence-corrected chi connectivity index (χ1v) is 6.81. The lowest BCUT2D eigenvalue weighted by molar-refractivity contribution is -0.195. The standard InChI is InChI=1S/C15H20O6/c1-10(16)20-14-5-4-6-19-15(14)21-13-8-11(17-2)7-12(9-13)18-3/h7-9,14-15H,4-6H2,1-3H3. The van der Waals surface area contributed by atoms with Crippen molar-refractivity contribution in [3.05, 3.63) is 18.2 Å². The van der Waals surface area contributed by atoms with Crippen LogP contribution in [0, 0.1) is 0 Å². The summed E-state index contributed by atoms with van der Waals surface area (Å²) in [7, 11) is 3.13. The number of carbonyl (C=O) groups is 1. The molecule has 0 bridgehead atoms. The van der Waals surface area contributed by atoms with Gasteiger partial charge in [0.2, 0.25) is 6.29 Å². The van der Waals surface area contributed by atoms with E-state index in [1.165, 1.54) is 6.92 Å². The molecule has 6 nitrogen and oxygen atoms in total. The average Bonchev–Trinajstić information content (AvgIpc) is 2.48. The normalized spacial score (nSPS) is 21.5. The third kappa shape index (κ3) is 4.26. The summed E-state index contributed by atoms with van der Waals surface area (Å²) in [5, 5.41) is 0. The molecule has 0 aromatic heterocycles. The fourth-order valence-electron chi connectivity index (χ4n) is 2.15. The van der Waals surface area contributed by atoms with Crippen LogP contribution >= 0.6 is 0 Å². The van der Waals surface area contributed by atoms with Crippen LogP contribution in [0.3, 0.4) is 0 Å². The van der Waals surface area contributed by atoms with Crippen LogP contribution in [-0.2, 0) is 14.3 Å². The van der Waals surface area contributed by atoms with Gasteiger partial charge >= 0.3 is 5.97 Å². The van der Waals surface area contributed by atoms with Gasteiger partial charge in [0.1, 0.15) is 17.2 Å². The fraction of sp³-hybridized carbons (Fsp3) is 0.533. The Morgan fingerprint density at radius 3 is 2.33 bits per heavy atom. The van der Waals surface area contributed by atoms with Crippen LogP contribution in [0.15, 0.2) is 18.2 Å². The second-order valence-electron chi connectivity index (χ2n) is 4.70. The lowest BCUT2D eigenvalue weighted by Crippen LogP contribution is -2.41. The Balaban J connectivity index is 2.12. The number of ether oxygens (including phenoxy) is 5. The number of rotatable bonds is 5. The summed E-state index contributed by atoms with van der Waals surface area (Å²) in [6.45, 7) is 1.95. The summed E-state index contributed by atoms with van der Waals surface area (Å²) >= 11 is 0. The minimum atomic E-state index is -0.625. The maximum absolute atomic E-state index is 11.1. The van der Waals surface area contributed by atoms with Crippen molar-refractivity contribution in [2.24, 2.45) is 0 Å².